The highest BCUT2D eigenvalue weighted by Crippen LogP contribution is 2.20. The molecule has 1 aliphatic heterocycles. The average Bonchev–Trinajstić information content (AvgIpc) is 2.38. The van der Waals surface area contributed by atoms with E-state index in [-0.39, 0.29) is 5.41 Å². The molecule has 1 aliphatic rings. The number of rotatable bonds is 0. The predicted molar refractivity (Wildman–Crippen MR) is 64.6 cm³/mol. The molecule has 0 aliphatic carbocycles. The van der Waals surface area contributed by atoms with Gasteiger partial charge in [0.2, 0.25) is 0 Å². The molecular weight excluding hydrogens is 184 g/mol. The van der Waals surface area contributed by atoms with Crippen LogP contribution in [0.5, 0.6) is 0 Å². The van der Waals surface area contributed by atoms with Gasteiger partial charge in [-0.3, -0.25) is 4.99 Å². The molecule has 0 atom stereocenters. The maximum absolute atomic E-state index is 4.55. The summed E-state index contributed by atoms with van der Waals surface area (Å²) in [6.07, 6.45) is 1.92. The van der Waals surface area contributed by atoms with E-state index in [1.165, 1.54) is 11.1 Å². The van der Waals surface area contributed by atoms with E-state index < -0.39 is 0 Å². The second-order valence-electron chi connectivity index (χ2n) is 4.85. The predicted octanol–water partition coefficient (Wildman–Crippen LogP) is 3.06. The van der Waals surface area contributed by atoms with Crippen molar-refractivity contribution < 1.29 is 0 Å². The van der Waals surface area contributed by atoms with Crippen LogP contribution in [0.1, 0.15) is 31.9 Å². The van der Waals surface area contributed by atoms with Crippen LogP contribution >= 0.6 is 0 Å². The lowest BCUT2D eigenvalue weighted by atomic mass is 9.95. The molecule has 1 heterocycles. The zero-order valence-electron chi connectivity index (χ0n) is 9.49. The maximum Gasteiger partial charge on any atom is 0.128 e. The molecule has 0 saturated carbocycles. The summed E-state index contributed by atoms with van der Waals surface area (Å²) in [4.78, 5) is 9.02. The van der Waals surface area contributed by atoms with Crippen molar-refractivity contribution in [2.75, 3.05) is 0 Å². The highest BCUT2D eigenvalue weighted by atomic mass is 14.9. The average molecular weight is 200 g/mol. The van der Waals surface area contributed by atoms with Gasteiger partial charge in [-0.15, -0.1) is 0 Å². The number of fused-ring (bicyclic) bond motifs is 1. The van der Waals surface area contributed by atoms with E-state index >= 15 is 0 Å². The molecule has 0 bridgehead atoms. The number of hydrogen-bond acceptors (Lipinski definition) is 2. The fourth-order valence-electron chi connectivity index (χ4n) is 1.57. The van der Waals surface area contributed by atoms with Crippen LogP contribution in [0.3, 0.4) is 0 Å². The normalized spacial score (nSPS) is 15.5. The summed E-state index contributed by atoms with van der Waals surface area (Å²) in [5.74, 6) is 0.929. The number of aliphatic imine (C=N–C) groups is 2. The van der Waals surface area contributed by atoms with Gasteiger partial charge in [0.05, 0.1) is 6.54 Å². The summed E-state index contributed by atoms with van der Waals surface area (Å²) in [5, 5.41) is 0. The molecule has 2 nitrogen and oxygen atoms in total. The van der Waals surface area contributed by atoms with Gasteiger partial charge in [-0.2, -0.15) is 0 Å². The highest BCUT2D eigenvalue weighted by molar-refractivity contribution is 5.98. The summed E-state index contributed by atoms with van der Waals surface area (Å²) in [7, 11) is 0. The largest absolute Gasteiger partial charge is 0.265 e. The third kappa shape index (κ3) is 2.14. The summed E-state index contributed by atoms with van der Waals surface area (Å²) in [5.41, 5.74) is 2.46. The first-order chi connectivity index (χ1) is 7.07. The molecule has 0 spiro atoms. The standard InChI is InChI=1S/C13H16N2/c1-13(2,3)12-14-8-10-6-4-5-7-11(10)9-15-12/h4-8H,9H2,1-3H3. The van der Waals surface area contributed by atoms with E-state index in [1.54, 1.807) is 0 Å². The lowest BCUT2D eigenvalue weighted by Gasteiger charge is -2.16. The Hall–Kier alpha value is -1.44. The van der Waals surface area contributed by atoms with Gasteiger partial charge in [0.25, 0.3) is 0 Å². The number of benzene rings is 1. The molecule has 0 N–H and O–H groups in total. The first-order valence-electron chi connectivity index (χ1n) is 5.24. The van der Waals surface area contributed by atoms with Crippen molar-refractivity contribution in [3.63, 3.8) is 0 Å². The summed E-state index contributed by atoms with van der Waals surface area (Å²) >= 11 is 0. The molecule has 0 saturated heterocycles. The Morgan fingerprint density at radius 1 is 1.13 bits per heavy atom. The smallest absolute Gasteiger partial charge is 0.128 e. The molecule has 0 unspecified atom stereocenters. The van der Waals surface area contributed by atoms with Crippen LogP contribution in [0.25, 0.3) is 0 Å². The van der Waals surface area contributed by atoms with Crippen LogP contribution < -0.4 is 0 Å². The molecular formula is C13H16N2. The van der Waals surface area contributed by atoms with Crippen molar-refractivity contribution >= 4 is 12.1 Å². The quantitative estimate of drug-likeness (QED) is 0.615. The third-order valence-corrected chi connectivity index (χ3v) is 2.45. The van der Waals surface area contributed by atoms with Crippen molar-refractivity contribution in [1.82, 2.24) is 0 Å². The lowest BCUT2D eigenvalue weighted by Crippen LogP contribution is -2.18. The van der Waals surface area contributed by atoms with Gasteiger partial charge in [0.1, 0.15) is 5.84 Å². The van der Waals surface area contributed by atoms with Gasteiger partial charge >= 0.3 is 0 Å². The van der Waals surface area contributed by atoms with Gasteiger partial charge in [0, 0.05) is 11.6 Å². The monoisotopic (exact) mass is 200 g/mol. The molecule has 0 aromatic heterocycles. The van der Waals surface area contributed by atoms with Crippen molar-refractivity contribution in [1.29, 1.82) is 0 Å². The Kier molecular flexibility index (Phi) is 2.43. The van der Waals surface area contributed by atoms with Crippen LogP contribution in [0, 0.1) is 5.41 Å². The third-order valence-electron chi connectivity index (χ3n) is 2.45. The Bertz CT molecular complexity index is 422. The minimum Gasteiger partial charge on any atom is -0.265 e. The van der Waals surface area contributed by atoms with Gasteiger partial charge in [0.15, 0.2) is 0 Å². The maximum atomic E-state index is 4.55. The van der Waals surface area contributed by atoms with E-state index in [4.69, 9.17) is 0 Å². The highest BCUT2D eigenvalue weighted by Gasteiger charge is 2.19. The fourth-order valence-corrected chi connectivity index (χ4v) is 1.57. The van der Waals surface area contributed by atoms with Crippen LogP contribution in [-0.2, 0) is 6.54 Å². The Balaban J connectivity index is 2.38. The van der Waals surface area contributed by atoms with Crippen LogP contribution in [0.15, 0.2) is 34.3 Å². The first-order valence-corrected chi connectivity index (χ1v) is 5.24. The van der Waals surface area contributed by atoms with E-state index in [0.717, 1.165) is 12.4 Å². The molecule has 78 valence electrons. The van der Waals surface area contributed by atoms with E-state index in [1.807, 2.05) is 18.3 Å². The molecule has 1 aromatic rings. The lowest BCUT2D eigenvalue weighted by molar-refractivity contribution is 0.582. The summed E-state index contributed by atoms with van der Waals surface area (Å²) < 4.78 is 0. The molecule has 1 aromatic carbocycles. The van der Waals surface area contributed by atoms with Crippen molar-refractivity contribution in [3.8, 4) is 0 Å². The topological polar surface area (TPSA) is 24.7 Å². The van der Waals surface area contributed by atoms with Gasteiger partial charge in [-0.25, -0.2) is 4.99 Å². The van der Waals surface area contributed by atoms with Crippen LogP contribution in [0.4, 0.5) is 0 Å². The second-order valence-corrected chi connectivity index (χ2v) is 4.85. The summed E-state index contributed by atoms with van der Waals surface area (Å²) in [6, 6.07) is 8.27. The zero-order valence-corrected chi connectivity index (χ0v) is 9.49. The van der Waals surface area contributed by atoms with Crippen molar-refractivity contribution in [2.24, 2.45) is 15.4 Å². The molecule has 0 radical (unpaired) electrons. The molecule has 2 heteroatoms. The molecule has 0 amide bonds. The fraction of sp³-hybridized carbons (Fsp3) is 0.385. The van der Waals surface area contributed by atoms with Crippen LogP contribution in [0.2, 0.25) is 0 Å². The Morgan fingerprint density at radius 2 is 1.87 bits per heavy atom. The van der Waals surface area contributed by atoms with Crippen LogP contribution in [-0.4, -0.2) is 12.1 Å². The second kappa shape index (κ2) is 3.61. The first kappa shape index (κ1) is 10.1. The Labute approximate surface area is 90.8 Å². The minimum absolute atomic E-state index is 0.0263. The molecule has 2 rings (SSSR count). The van der Waals surface area contributed by atoms with E-state index in [9.17, 15) is 0 Å². The zero-order chi connectivity index (χ0) is 10.9. The van der Waals surface area contributed by atoms with Gasteiger partial charge < -0.3 is 0 Å². The number of amidine groups is 1. The molecule has 0 fully saturated rings. The Morgan fingerprint density at radius 3 is 2.60 bits per heavy atom. The summed E-state index contributed by atoms with van der Waals surface area (Å²) in [6.45, 7) is 7.15. The number of hydrogen-bond donors (Lipinski definition) is 0. The van der Waals surface area contributed by atoms with Gasteiger partial charge in [-0.05, 0) is 11.1 Å². The van der Waals surface area contributed by atoms with E-state index in [2.05, 4.69) is 42.9 Å². The van der Waals surface area contributed by atoms with E-state index in [0.29, 0.717) is 0 Å². The van der Waals surface area contributed by atoms with Crippen molar-refractivity contribution in [3.05, 3.63) is 35.4 Å². The van der Waals surface area contributed by atoms with Gasteiger partial charge in [-0.1, -0.05) is 45.0 Å². The van der Waals surface area contributed by atoms with Crippen molar-refractivity contribution in [2.45, 2.75) is 27.3 Å². The SMILES string of the molecule is CC(C)(C)C1=NCc2ccccc2C=N1. The minimum atomic E-state index is 0.0263. The number of nitrogens with zero attached hydrogens (tertiary/aromatic N) is 2. The molecule has 15 heavy (non-hydrogen) atoms.